The molecular weight excluding hydrogens is 174 g/mol. The fourth-order valence-corrected chi connectivity index (χ4v) is 1.74. The van der Waals surface area contributed by atoms with Gasteiger partial charge in [0.25, 0.3) is 0 Å². The van der Waals surface area contributed by atoms with Gasteiger partial charge in [0.05, 0.1) is 0 Å². The molecule has 1 heterocycles. The van der Waals surface area contributed by atoms with Crippen LogP contribution in [0.4, 0.5) is 5.69 Å². The first-order valence-electron chi connectivity index (χ1n) is 4.94. The number of para-hydroxylation sites is 1. The summed E-state index contributed by atoms with van der Waals surface area (Å²) in [5.41, 5.74) is 2.49. The second-order valence-corrected chi connectivity index (χ2v) is 3.37. The average Bonchev–Trinajstić information content (AvgIpc) is 2.23. The minimum absolute atomic E-state index is 0.0786. The standard InChI is InChI=1S/C12H15NO/c1-3-14-12-9-8-10-6-4-5-7-11(10)13(12)2/h4-9,12H,3H2,1-2H3. The molecular formula is C12H15NO. The Bertz CT molecular complexity index is 346. The van der Waals surface area contributed by atoms with E-state index in [0.717, 1.165) is 6.61 Å². The summed E-state index contributed by atoms with van der Waals surface area (Å²) in [6, 6.07) is 8.34. The zero-order valence-electron chi connectivity index (χ0n) is 8.60. The van der Waals surface area contributed by atoms with Gasteiger partial charge in [-0.15, -0.1) is 0 Å². The van der Waals surface area contributed by atoms with Crippen LogP contribution < -0.4 is 4.90 Å². The number of fused-ring (bicyclic) bond motifs is 1. The van der Waals surface area contributed by atoms with Crippen molar-refractivity contribution in [2.75, 3.05) is 18.6 Å². The first kappa shape index (κ1) is 9.28. The number of likely N-dealkylation sites (N-methyl/N-ethyl adjacent to an activating group) is 1. The first-order chi connectivity index (χ1) is 6.83. The minimum Gasteiger partial charge on any atom is -0.355 e. The third-order valence-corrected chi connectivity index (χ3v) is 2.48. The molecule has 0 spiro atoms. The number of hydrogen-bond acceptors (Lipinski definition) is 2. The zero-order valence-corrected chi connectivity index (χ0v) is 8.60. The molecule has 14 heavy (non-hydrogen) atoms. The van der Waals surface area contributed by atoms with Gasteiger partial charge in [0.15, 0.2) is 0 Å². The number of benzene rings is 1. The molecule has 74 valence electrons. The molecule has 1 atom stereocenters. The number of nitrogens with zero attached hydrogens (tertiary/aromatic N) is 1. The molecule has 2 rings (SSSR count). The largest absolute Gasteiger partial charge is 0.355 e. The van der Waals surface area contributed by atoms with E-state index in [9.17, 15) is 0 Å². The Morgan fingerprint density at radius 2 is 2.14 bits per heavy atom. The van der Waals surface area contributed by atoms with Gasteiger partial charge in [-0.05, 0) is 24.6 Å². The SMILES string of the molecule is CCOC1C=Cc2ccccc2N1C. The quantitative estimate of drug-likeness (QED) is 0.708. The van der Waals surface area contributed by atoms with Crippen molar-refractivity contribution < 1.29 is 4.74 Å². The number of hydrogen-bond donors (Lipinski definition) is 0. The van der Waals surface area contributed by atoms with Crippen LogP contribution in [0, 0.1) is 0 Å². The Morgan fingerprint density at radius 1 is 1.36 bits per heavy atom. The van der Waals surface area contributed by atoms with E-state index in [1.807, 2.05) is 6.92 Å². The van der Waals surface area contributed by atoms with Crippen LogP contribution in [-0.4, -0.2) is 19.9 Å². The third kappa shape index (κ3) is 1.53. The van der Waals surface area contributed by atoms with Gasteiger partial charge >= 0.3 is 0 Å². The molecule has 0 aliphatic carbocycles. The number of ether oxygens (including phenoxy) is 1. The van der Waals surface area contributed by atoms with Crippen molar-refractivity contribution in [1.29, 1.82) is 0 Å². The van der Waals surface area contributed by atoms with Crippen molar-refractivity contribution in [1.82, 2.24) is 0 Å². The van der Waals surface area contributed by atoms with E-state index in [4.69, 9.17) is 4.74 Å². The van der Waals surface area contributed by atoms with Gasteiger partial charge in [-0.2, -0.15) is 0 Å². The first-order valence-corrected chi connectivity index (χ1v) is 4.94. The van der Waals surface area contributed by atoms with Gasteiger partial charge in [0, 0.05) is 19.3 Å². The fraction of sp³-hybridized carbons (Fsp3) is 0.333. The highest BCUT2D eigenvalue weighted by Gasteiger charge is 2.17. The van der Waals surface area contributed by atoms with Crippen molar-refractivity contribution in [3.05, 3.63) is 35.9 Å². The summed E-state index contributed by atoms with van der Waals surface area (Å²) in [6.07, 6.45) is 4.29. The molecule has 0 amide bonds. The average molecular weight is 189 g/mol. The van der Waals surface area contributed by atoms with Crippen LogP contribution in [0.15, 0.2) is 30.3 Å². The lowest BCUT2D eigenvalue weighted by atomic mass is 10.1. The molecule has 2 nitrogen and oxygen atoms in total. The van der Waals surface area contributed by atoms with E-state index in [1.54, 1.807) is 0 Å². The van der Waals surface area contributed by atoms with E-state index in [2.05, 4.69) is 48.4 Å². The summed E-state index contributed by atoms with van der Waals surface area (Å²) in [4.78, 5) is 2.15. The van der Waals surface area contributed by atoms with Crippen molar-refractivity contribution in [3.8, 4) is 0 Å². The second kappa shape index (κ2) is 3.84. The van der Waals surface area contributed by atoms with Gasteiger partial charge in [0.2, 0.25) is 0 Å². The molecule has 0 saturated heterocycles. The lowest BCUT2D eigenvalue weighted by molar-refractivity contribution is 0.0968. The lowest BCUT2D eigenvalue weighted by Gasteiger charge is -2.31. The Hall–Kier alpha value is -1.28. The van der Waals surface area contributed by atoms with Crippen LogP contribution >= 0.6 is 0 Å². The Balaban J connectivity index is 2.30. The van der Waals surface area contributed by atoms with Gasteiger partial charge < -0.3 is 9.64 Å². The topological polar surface area (TPSA) is 12.5 Å². The van der Waals surface area contributed by atoms with Crippen LogP contribution in [-0.2, 0) is 4.74 Å². The highest BCUT2D eigenvalue weighted by Crippen LogP contribution is 2.27. The summed E-state index contributed by atoms with van der Waals surface area (Å²) < 4.78 is 5.59. The van der Waals surface area contributed by atoms with Crippen molar-refractivity contribution >= 4 is 11.8 Å². The van der Waals surface area contributed by atoms with Gasteiger partial charge in [-0.3, -0.25) is 0 Å². The molecule has 0 fully saturated rings. The van der Waals surface area contributed by atoms with Crippen LogP contribution in [0.1, 0.15) is 12.5 Å². The lowest BCUT2D eigenvalue weighted by Crippen LogP contribution is -2.34. The fourth-order valence-electron chi connectivity index (χ4n) is 1.74. The van der Waals surface area contributed by atoms with Crippen LogP contribution in [0.25, 0.3) is 6.08 Å². The minimum atomic E-state index is 0.0786. The maximum atomic E-state index is 5.59. The zero-order chi connectivity index (χ0) is 9.97. The molecule has 2 heteroatoms. The van der Waals surface area contributed by atoms with E-state index >= 15 is 0 Å². The van der Waals surface area contributed by atoms with Crippen LogP contribution in [0.2, 0.25) is 0 Å². The van der Waals surface area contributed by atoms with Crippen molar-refractivity contribution in [2.24, 2.45) is 0 Å². The Kier molecular flexibility index (Phi) is 2.55. The summed E-state index contributed by atoms with van der Waals surface area (Å²) in [5.74, 6) is 0. The molecule has 1 unspecified atom stereocenters. The van der Waals surface area contributed by atoms with Crippen LogP contribution in [0.5, 0.6) is 0 Å². The van der Waals surface area contributed by atoms with E-state index in [-0.39, 0.29) is 6.23 Å². The Morgan fingerprint density at radius 3 is 2.93 bits per heavy atom. The summed E-state index contributed by atoms with van der Waals surface area (Å²) in [6.45, 7) is 2.75. The van der Waals surface area contributed by atoms with Gasteiger partial charge in [0.1, 0.15) is 6.23 Å². The molecule has 0 aromatic heterocycles. The molecule has 0 saturated carbocycles. The van der Waals surface area contributed by atoms with Crippen molar-refractivity contribution in [3.63, 3.8) is 0 Å². The predicted octanol–water partition coefficient (Wildman–Crippen LogP) is 2.51. The summed E-state index contributed by atoms with van der Waals surface area (Å²) in [5, 5.41) is 0. The molecule has 0 radical (unpaired) electrons. The third-order valence-electron chi connectivity index (χ3n) is 2.48. The number of anilines is 1. The van der Waals surface area contributed by atoms with E-state index < -0.39 is 0 Å². The molecule has 0 N–H and O–H groups in total. The molecule has 1 aliphatic heterocycles. The monoisotopic (exact) mass is 189 g/mol. The smallest absolute Gasteiger partial charge is 0.149 e. The normalized spacial score (nSPS) is 19.6. The molecule has 1 aromatic carbocycles. The number of rotatable bonds is 2. The second-order valence-electron chi connectivity index (χ2n) is 3.37. The van der Waals surface area contributed by atoms with Crippen molar-refractivity contribution in [2.45, 2.75) is 13.2 Å². The predicted molar refractivity (Wildman–Crippen MR) is 59.3 cm³/mol. The van der Waals surface area contributed by atoms with Gasteiger partial charge in [-0.25, -0.2) is 0 Å². The van der Waals surface area contributed by atoms with E-state index in [0.29, 0.717) is 0 Å². The maximum Gasteiger partial charge on any atom is 0.149 e. The summed E-state index contributed by atoms with van der Waals surface area (Å²) >= 11 is 0. The molecule has 0 bridgehead atoms. The van der Waals surface area contributed by atoms with Crippen LogP contribution in [0.3, 0.4) is 0 Å². The highest BCUT2D eigenvalue weighted by atomic mass is 16.5. The molecule has 1 aliphatic rings. The van der Waals surface area contributed by atoms with Gasteiger partial charge in [-0.1, -0.05) is 24.3 Å². The Labute approximate surface area is 84.8 Å². The highest BCUT2D eigenvalue weighted by molar-refractivity contribution is 5.71. The van der Waals surface area contributed by atoms with E-state index in [1.165, 1.54) is 11.3 Å². The summed E-state index contributed by atoms with van der Waals surface area (Å²) in [7, 11) is 2.06. The molecule has 1 aromatic rings. The maximum absolute atomic E-state index is 5.59.